The van der Waals surface area contributed by atoms with Gasteiger partial charge in [0.05, 0.1) is 14.2 Å². The number of nitrogens with one attached hydrogen (secondary N) is 3. The van der Waals surface area contributed by atoms with E-state index in [2.05, 4.69) is 69.2 Å². The number of thiocarbonyl (C=S) groups is 2. The van der Waals surface area contributed by atoms with Crippen LogP contribution in [0.1, 0.15) is 36.1 Å². The predicted molar refractivity (Wildman–Crippen MR) is 293 cm³/mol. The van der Waals surface area contributed by atoms with E-state index in [0.29, 0.717) is 26.1 Å². The van der Waals surface area contributed by atoms with Gasteiger partial charge in [-0.15, -0.1) is 0 Å². The average molecular weight is 1350 g/mol. The van der Waals surface area contributed by atoms with Gasteiger partial charge in [0.25, 0.3) is 0 Å². The van der Waals surface area contributed by atoms with E-state index in [1.54, 1.807) is 0 Å². The van der Waals surface area contributed by atoms with Crippen molar-refractivity contribution < 1.29 is 77.3 Å². The van der Waals surface area contributed by atoms with Crippen molar-refractivity contribution in [1.82, 2.24) is 30.2 Å². The molecule has 74 heavy (non-hydrogen) atoms. The fourth-order valence-electron chi connectivity index (χ4n) is 4.89. The number of rotatable bonds is 13. The van der Waals surface area contributed by atoms with Gasteiger partial charge in [-0.2, -0.15) is 8.42 Å². The van der Waals surface area contributed by atoms with Crippen molar-refractivity contribution in [3.8, 4) is 0 Å². The first-order valence-corrected chi connectivity index (χ1v) is 23.6. The molecule has 5 rings (SSSR count). The Hall–Kier alpha value is -5.63. The first-order chi connectivity index (χ1) is 34.5. The van der Waals surface area contributed by atoms with Crippen LogP contribution in [0.5, 0.6) is 0 Å². The second kappa shape index (κ2) is 43.7. The topological polar surface area (TPSA) is 355 Å². The molecule has 2 radical (unpaired) electrons. The van der Waals surface area contributed by atoms with Crippen LogP contribution in [0.3, 0.4) is 0 Å². The molecule has 5 aromatic rings. The van der Waals surface area contributed by atoms with E-state index in [1.807, 2.05) is 97.1 Å². The number of carbonyl (C=O) groups excluding carboxylic acids is 4. The molecule has 1 aromatic heterocycles. The van der Waals surface area contributed by atoms with Crippen molar-refractivity contribution >= 4 is 100 Å². The molecule has 1 heterocycles. The summed E-state index contributed by atoms with van der Waals surface area (Å²) in [6.07, 6.45) is 4.41. The fraction of sp³-hybridized carbons (Fsp3) is 0.267. The van der Waals surface area contributed by atoms with E-state index in [-0.39, 0.29) is 53.5 Å². The SMILES string of the molecule is C.COC(=O)C(=O)Cl.COC(=O)C(=O)NN(CCc1ccccc1)C(N)=S.NC(=S)N(N)CCc1ccccc1.NCCCc1ccccc1.O=S(=O)(O)O.O=c1[nH]c(=S)n(CCc2ccccc2)[nH]c1=O.[2H][B].[U]. The summed E-state index contributed by atoms with van der Waals surface area (Å²) in [4.78, 5) is 66.3. The third-order valence-corrected chi connectivity index (χ3v) is 9.27. The molecular formula is C45H62BClN10O12S4U. The van der Waals surface area contributed by atoms with Gasteiger partial charge in [0, 0.05) is 59.1 Å². The summed E-state index contributed by atoms with van der Waals surface area (Å²) in [6, 6.07) is 39.9. The second-order valence-electron chi connectivity index (χ2n) is 13.6. The second-order valence-corrected chi connectivity index (χ2v) is 16.1. The standard InChI is InChI=1S/C12H15N3O3S.C11H11N3O2S.C9H13N3S.C9H13N.C3H3ClO3.CH4.BH.H2O4S.U/c1-18-11(17)10(16)14-15(12(13)19)8-7-9-5-3-2-4-6-9;15-9-10(16)13-14(11(17)12-9)7-6-8-4-2-1-3-5-8;10-9(13)12(11)7-6-8-4-2-1-3-5-8;10-8-4-7-9-5-2-1-3-6-9;1-7-3(6)2(4)5;;;1-5(2,3)4;/h2-6H,7-8H2,1H3,(H2,13,19)(H,14,16);1-5H,6-7H2,(H,13,16)(H,12,15,17);1-5H,6-7,11H2,(H2,10,13);1-3,5-6H,4,7-8,10H2;1H3;1H4;1H;(H2,1,2,3,4);/i;;;;;;1D;;. The molecule has 29 heteroatoms. The van der Waals surface area contributed by atoms with Crippen LogP contribution in [-0.4, -0.2) is 119 Å². The number of benzene rings is 4. The van der Waals surface area contributed by atoms with Crippen molar-refractivity contribution in [2.75, 3.05) is 33.9 Å². The Morgan fingerprint density at radius 3 is 1.45 bits per heavy atom. The number of H-pyrrole nitrogens is 2. The van der Waals surface area contributed by atoms with Gasteiger partial charge in [-0.1, -0.05) is 129 Å². The molecule has 402 valence electrons. The molecule has 0 aliphatic heterocycles. The molecule has 0 aliphatic carbocycles. The number of nitrogens with zero attached hydrogens (tertiary/aromatic N) is 3. The van der Waals surface area contributed by atoms with Gasteiger partial charge in [-0.05, 0) is 110 Å². The van der Waals surface area contributed by atoms with Gasteiger partial charge < -0.3 is 26.7 Å². The van der Waals surface area contributed by atoms with Crippen molar-refractivity contribution in [1.29, 1.82) is 1.34 Å². The molecule has 1 amide bonds. The third kappa shape index (κ3) is 38.9. The number of nitrogens with two attached hydrogens (primary N) is 4. The number of esters is 2. The van der Waals surface area contributed by atoms with Crippen LogP contribution in [0.4, 0.5) is 0 Å². The maximum atomic E-state index is 11.4. The summed E-state index contributed by atoms with van der Waals surface area (Å²) in [5, 5.41) is 4.16. The fourth-order valence-corrected chi connectivity index (χ4v) is 5.43. The predicted octanol–water partition coefficient (Wildman–Crippen LogP) is 2.30. The van der Waals surface area contributed by atoms with E-state index in [9.17, 15) is 28.8 Å². The first-order valence-electron chi connectivity index (χ1n) is 21.1. The minimum absolute atomic E-state index is 0. The molecule has 22 nitrogen and oxygen atoms in total. The van der Waals surface area contributed by atoms with Crippen LogP contribution in [0, 0.1) is 35.9 Å². The number of aromatic amines is 2. The van der Waals surface area contributed by atoms with Gasteiger partial charge in [0.2, 0.25) is 0 Å². The summed E-state index contributed by atoms with van der Waals surface area (Å²) in [5.41, 5.74) is 21.9. The Bertz CT molecular complexity index is 2680. The van der Waals surface area contributed by atoms with Crippen molar-refractivity contribution in [2.24, 2.45) is 23.0 Å². The van der Waals surface area contributed by atoms with Crippen molar-refractivity contribution in [3.05, 3.63) is 169 Å². The number of hydrazine groups is 2. The summed E-state index contributed by atoms with van der Waals surface area (Å²) in [5.74, 6) is 2.59. The summed E-state index contributed by atoms with van der Waals surface area (Å²) in [7, 11) is 1.29. The van der Waals surface area contributed by atoms with Gasteiger partial charge in [-0.25, -0.2) is 15.4 Å². The molecule has 0 fully saturated rings. The summed E-state index contributed by atoms with van der Waals surface area (Å²) < 4.78 is 46.7. The van der Waals surface area contributed by atoms with E-state index < -0.39 is 44.6 Å². The van der Waals surface area contributed by atoms with Gasteiger partial charge in [0.1, 0.15) is 0 Å². The number of amides is 1. The van der Waals surface area contributed by atoms with Crippen LogP contribution in [-0.2, 0) is 71.3 Å². The maximum absolute atomic E-state index is 11.4. The molecule has 0 aliphatic rings. The van der Waals surface area contributed by atoms with E-state index >= 15 is 0 Å². The zero-order chi connectivity index (χ0) is 55.8. The quantitative estimate of drug-likeness (QED) is 0.0119. The molecule has 0 atom stereocenters. The molecule has 0 saturated carbocycles. The normalized spacial score (nSPS) is 9.42. The van der Waals surface area contributed by atoms with Gasteiger partial charge >= 0.3 is 44.6 Å². The maximum Gasteiger partial charge on any atom is 0.398 e. The van der Waals surface area contributed by atoms with Crippen LogP contribution in [0.25, 0.3) is 0 Å². The van der Waals surface area contributed by atoms with Crippen molar-refractivity contribution in [3.63, 3.8) is 0 Å². The summed E-state index contributed by atoms with van der Waals surface area (Å²) >= 11 is 19.1. The van der Waals surface area contributed by atoms with E-state index in [1.165, 1.54) is 25.8 Å². The number of aryl methyl sites for hydroxylation is 3. The van der Waals surface area contributed by atoms with E-state index in [0.717, 1.165) is 57.6 Å². The number of aromatic nitrogens is 3. The van der Waals surface area contributed by atoms with Crippen LogP contribution in [0.2, 0.25) is 0 Å². The monoisotopic (exact) mass is 1350 g/mol. The Morgan fingerprint density at radius 2 is 1.11 bits per heavy atom. The van der Waals surface area contributed by atoms with Crippen LogP contribution >= 0.6 is 48.3 Å². The number of hydrogen-bond donors (Lipinski definition) is 9. The zero-order valence-electron chi connectivity index (χ0n) is 40.6. The molecule has 4 aromatic carbocycles. The van der Waals surface area contributed by atoms with E-state index in [4.69, 9.17) is 78.6 Å². The Kier molecular flexibility index (Phi) is 42.9. The van der Waals surface area contributed by atoms with Crippen LogP contribution in [0.15, 0.2) is 131 Å². The number of methoxy groups -OCH3 is 2. The largest absolute Gasteiger partial charge is 0.462 e. The zero-order valence-corrected chi connectivity index (χ0v) is 47.8. The molecule has 0 unspecified atom stereocenters. The number of hydrogen-bond acceptors (Lipinski definition) is 15. The van der Waals surface area contributed by atoms with Crippen LogP contribution < -0.4 is 39.6 Å². The third-order valence-electron chi connectivity index (χ3n) is 8.34. The Balaban J connectivity index is -0.000000416. The number of ether oxygens (including phenoxy) is 2. The average Bonchev–Trinajstić information content (AvgIpc) is 3.38. The minimum Gasteiger partial charge on any atom is -0.462 e. The Morgan fingerprint density at radius 1 is 0.730 bits per heavy atom. The molecule has 0 saturated heterocycles. The summed E-state index contributed by atoms with van der Waals surface area (Å²) in [6.45, 7) is 2.32. The smallest absolute Gasteiger partial charge is 0.398 e. The number of carbonyl (C=O) groups is 4. The molecule has 13 N–H and O–H groups in total. The molecular weight excluding hydrogens is 1290 g/mol. The van der Waals surface area contributed by atoms with Crippen molar-refractivity contribution in [2.45, 2.75) is 46.1 Å². The van der Waals surface area contributed by atoms with Gasteiger partial charge in [-0.3, -0.25) is 58.5 Å². The Labute approximate surface area is 477 Å². The first kappa shape index (κ1) is 72.6. The molecule has 0 spiro atoms. The van der Waals surface area contributed by atoms with Gasteiger partial charge in [0.15, 0.2) is 15.0 Å². The minimum atomic E-state index is -4.67. The number of halogens is 1. The molecule has 0 bridgehead atoms.